The second-order valence-corrected chi connectivity index (χ2v) is 4.99. The second kappa shape index (κ2) is 6.37. The van der Waals surface area contributed by atoms with Gasteiger partial charge in [0.15, 0.2) is 0 Å². The third-order valence-corrected chi connectivity index (χ3v) is 2.88. The van der Waals surface area contributed by atoms with Crippen LogP contribution in [0, 0.1) is 11.3 Å². The average Bonchev–Trinajstić information content (AvgIpc) is 3.22. The van der Waals surface area contributed by atoms with Crippen LogP contribution in [-0.4, -0.2) is 40.7 Å². The first-order chi connectivity index (χ1) is 9.63. The quantitative estimate of drug-likeness (QED) is 0.809. The van der Waals surface area contributed by atoms with Crippen LogP contribution in [0.4, 0.5) is 11.9 Å². The molecule has 2 rings (SSSR count). The van der Waals surface area contributed by atoms with Gasteiger partial charge < -0.3 is 15.0 Å². The Bertz CT molecular complexity index is 494. The van der Waals surface area contributed by atoms with E-state index >= 15 is 0 Å². The van der Waals surface area contributed by atoms with E-state index in [1.54, 1.807) is 7.05 Å². The van der Waals surface area contributed by atoms with Crippen LogP contribution >= 0.6 is 0 Å². The van der Waals surface area contributed by atoms with Crippen molar-refractivity contribution in [2.75, 3.05) is 23.8 Å². The minimum atomic E-state index is 0.00318. The van der Waals surface area contributed by atoms with Crippen LogP contribution in [0.3, 0.4) is 0 Å². The van der Waals surface area contributed by atoms with Crippen molar-refractivity contribution in [3.8, 4) is 12.1 Å². The monoisotopic (exact) mass is 276 g/mol. The Morgan fingerprint density at radius 3 is 2.70 bits per heavy atom. The summed E-state index contributed by atoms with van der Waals surface area (Å²) in [6.45, 7) is 4.49. The van der Waals surface area contributed by atoms with Crippen LogP contribution < -0.4 is 15.0 Å². The van der Waals surface area contributed by atoms with Crippen molar-refractivity contribution in [3.05, 3.63) is 0 Å². The average molecular weight is 276 g/mol. The Hall–Kier alpha value is -2.10. The molecule has 1 aliphatic carbocycles. The van der Waals surface area contributed by atoms with Crippen LogP contribution in [0.1, 0.15) is 33.1 Å². The molecule has 1 saturated carbocycles. The molecular formula is C13H20N6O. The van der Waals surface area contributed by atoms with Crippen LogP contribution in [0.25, 0.3) is 0 Å². The Morgan fingerprint density at radius 2 is 2.15 bits per heavy atom. The lowest BCUT2D eigenvalue weighted by Crippen LogP contribution is -2.29. The summed E-state index contributed by atoms with van der Waals surface area (Å²) in [6.07, 6.45) is 2.69. The van der Waals surface area contributed by atoms with Gasteiger partial charge in [-0.05, 0) is 26.7 Å². The van der Waals surface area contributed by atoms with Gasteiger partial charge in [-0.15, -0.1) is 0 Å². The molecule has 1 fully saturated rings. The zero-order valence-electron chi connectivity index (χ0n) is 12.1. The molecule has 20 heavy (non-hydrogen) atoms. The lowest BCUT2D eigenvalue weighted by atomic mass is 10.4. The van der Waals surface area contributed by atoms with Gasteiger partial charge in [0, 0.05) is 19.6 Å². The number of ether oxygens (including phenoxy) is 1. The fourth-order valence-electron chi connectivity index (χ4n) is 1.85. The Kier molecular flexibility index (Phi) is 4.56. The number of nitrogens with one attached hydrogen (secondary N) is 1. The normalized spacial score (nSPS) is 13.9. The SMILES string of the molecule is CNc1nc(OC(C)C)nc(N(CCC#N)C2CC2)n1. The largest absolute Gasteiger partial charge is 0.461 e. The van der Waals surface area contributed by atoms with Crippen LogP contribution in [-0.2, 0) is 0 Å². The number of nitriles is 1. The van der Waals surface area contributed by atoms with E-state index < -0.39 is 0 Å². The highest BCUT2D eigenvalue weighted by Gasteiger charge is 2.31. The van der Waals surface area contributed by atoms with Crippen molar-refractivity contribution < 1.29 is 4.74 Å². The molecule has 0 spiro atoms. The number of nitrogens with zero attached hydrogens (tertiary/aromatic N) is 5. The number of hydrogen-bond donors (Lipinski definition) is 1. The van der Waals surface area contributed by atoms with E-state index in [1.807, 2.05) is 13.8 Å². The summed E-state index contributed by atoms with van der Waals surface area (Å²) in [4.78, 5) is 15.0. The summed E-state index contributed by atoms with van der Waals surface area (Å²) in [7, 11) is 1.76. The molecule has 1 N–H and O–H groups in total. The van der Waals surface area contributed by atoms with Gasteiger partial charge in [0.2, 0.25) is 11.9 Å². The van der Waals surface area contributed by atoms with Gasteiger partial charge >= 0.3 is 6.01 Å². The molecule has 1 aromatic rings. The van der Waals surface area contributed by atoms with Gasteiger partial charge in [0.05, 0.1) is 18.6 Å². The predicted molar refractivity (Wildman–Crippen MR) is 75.7 cm³/mol. The standard InChI is InChI=1S/C13H20N6O/c1-9(2)20-13-17-11(15-3)16-12(18-13)19(8-4-7-14)10-5-6-10/h9-10H,4-6,8H2,1-3H3,(H,15,16,17,18). The number of anilines is 2. The Morgan fingerprint density at radius 1 is 1.40 bits per heavy atom. The first-order valence-corrected chi connectivity index (χ1v) is 6.88. The number of rotatable bonds is 7. The van der Waals surface area contributed by atoms with Crippen LogP contribution in [0.15, 0.2) is 0 Å². The lowest BCUT2D eigenvalue weighted by Gasteiger charge is -2.22. The number of aromatic nitrogens is 3. The summed E-state index contributed by atoms with van der Waals surface area (Å²) < 4.78 is 5.56. The first-order valence-electron chi connectivity index (χ1n) is 6.88. The predicted octanol–water partition coefficient (Wildman–Crippen LogP) is 1.58. The molecule has 1 heterocycles. The molecule has 0 aliphatic heterocycles. The second-order valence-electron chi connectivity index (χ2n) is 4.99. The lowest BCUT2D eigenvalue weighted by molar-refractivity contribution is 0.222. The molecule has 1 aliphatic rings. The van der Waals surface area contributed by atoms with Crippen molar-refractivity contribution in [1.82, 2.24) is 15.0 Å². The van der Waals surface area contributed by atoms with Crippen molar-refractivity contribution in [2.24, 2.45) is 0 Å². The first kappa shape index (κ1) is 14.3. The maximum atomic E-state index is 8.77. The smallest absolute Gasteiger partial charge is 0.323 e. The topological polar surface area (TPSA) is 87.0 Å². The van der Waals surface area contributed by atoms with Gasteiger partial charge in [-0.2, -0.15) is 20.2 Å². The van der Waals surface area contributed by atoms with Gasteiger partial charge in [0.1, 0.15) is 0 Å². The fraction of sp³-hybridized carbons (Fsp3) is 0.692. The van der Waals surface area contributed by atoms with Crippen molar-refractivity contribution >= 4 is 11.9 Å². The summed E-state index contributed by atoms with van der Waals surface area (Å²) in [5, 5.41) is 11.7. The van der Waals surface area contributed by atoms with Crippen molar-refractivity contribution in [3.63, 3.8) is 0 Å². The molecule has 0 amide bonds. The summed E-state index contributed by atoms with van der Waals surface area (Å²) in [5.41, 5.74) is 0. The molecular weight excluding hydrogens is 256 g/mol. The number of hydrogen-bond acceptors (Lipinski definition) is 7. The van der Waals surface area contributed by atoms with Crippen LogP contribution in [0.5, 0.6) is 6.01 Å². The summed E-state index contributed by atoms with van der Waals surface area (Å²) in [6, 6.07) is 2.92. The van der Waals surface area contributed by atoms with E-state index in [9.17, 15) is 0 Å². The molecule has 0 atom stereocenters. The third kappa shape index (κ3) is 3.70. The van der Waals surface area contributed by atoms with Gasteiger partial charge in [-0.3, -0.25) is 0 Å². The van der Waals surface area contributed by atoms with Gasteiger partial charge in [0.25, 0.3) is 0 Å². The zero-order chi connectivity index (χ0) is 14.5. The van der Waals surface area contributed by atoms with Crippen LogP contribution in [0.2, 0.25) is 0 Å². The molecule has 1 aromatic heterocycles. The zero-order valence-corrected chi connectivity index (χ0v) is 12.1. The third-order valence-electron chi connectivity index (χ3n) is 2.88. The fourth-order valence-corrected chi connectivity index (χ4v) is 1.85. The van der Waals surface area contributed by atoms with E-state index in [-0.39, 0.29) is 6.10 Å². The highest BCUT2D eigenvalue weighted by atomic mass is 16.5. The molecule has 0 unspecified atom stereocenters. The highest BCUT2D eigenvalue weighted by molar-refractivity contribution is 5.40. The minimum absolute atomic E-state index is 0.00318. The van der Waals surface area contributed by atoms with E-state index in [4.69, 9.17) is 10.00 Å². The van der Waals surface area contributed by atoms with Gasteiger partial charge in [-0.25, -0.2) is 0 Å². The van der Waals surface area contributed by atoms with Crippen molar-refractivity contribution in [2.45, 2.75) is 45.3 Å². The molecule has 7 heteroatoms. The molecule has 0 aromatic carbocycles. The van der Waals surface area contributed by atoms with E-state index in [0.29, 0.717) is 36.9 Å². The van der Waals surface area contributed by atoms with E-state index in [1.165, 1.54) is 0 Å². The molecule has 0 saturated heterocycles. The van der Waals surface area contributed by atoms with E-state index in [0.717, 1.165) is 12.8 Å². The molecule has 108 valence electrons. The summed E-state index contributed by atoms with van der Waals surface area (Å²) >= 11 is 0. The van der Waals surface area contributed by atoms with Gasteiger partial charge in [-0.1, -0.05) is 0 Å². The maximum Gasteiger partial charge on any atom is 0.323 e. The summed E-state index contributed by atoms with van der Waals surface area (Å²) in [5.74, 6) is 1.06. The molecule has 0 bridgehead atoms. The van der Waals surface area contributed by atoms with E-state index in [2.05, 4.69) is 31.2 Å². The Balaban J connectivity index is 2.25. The maximum absolute atomic E-state index is 8.77. The molecule has 0 radical (unpaired) electrons. The Labute approximate surface area is 119 Å². The molecule has 7 nitrogen and oxygen atoms in total. The highest BCUT2D eigenvalue weighted by Crippen LogP contribution is 2.30. The van der Waals surface area contributed by atoms with Crippen molar-refractivity contribution in [1.29, 1.82) is 5.26 Å². The minimum Gasteiger partial charge on any atom is -0.461 e.